The van der Waals surface area contributed by atoms with E-state index in [9.17, 15) is 25.0 Å². The van der Waals surface area contributed by atoms with Gasteiger partial charge >= 0.3 is 5.97 Å². The molecule has 0 N–H and O–H groups in total. The summed E-state index contributed by atoms with van der Waals surface area (Å²) in [7, 11) is 0. The van der Waals surface area contributed by atoms with E-state index in [4.69, 9.17) is 4.74 Å². The second-order valence-corrected chi connectivity index (χ2v) is 13.4. The van der Waals surface area contributed by atoms with Crippen LogP contribution in [-0.4, -0.2) is 21.9 Å². The molecule has 0 amide bonds. The van der Waals surface area contributed by atoms with Gasteiger partial charge < -0.3 is 4.74 Å². The SMILES string of the molecule is CC1=C(/C=C/C2=C3CCC([C@H](C)/C=C/[C@H](C)C(C)C)[C@@]3(C)CCC2)C[C@@H](OC(=O)c2cc([N+](=O)[O-])cc([N+](=O)[O-])c2)CC1. The van der Waals surface area contributed by atoms with Crippen LogP contribution in [0.15, 0.2) is 64.8 Å². The molecule has 8 nitrogen and oxygen atoms in total. The van der Waals surface area contributed by atoms with Crippen molar-refractivity contribution in [3.63, 3.8) is 0 Å². The van der Waals surface area contributed by atoms with Gasteiger partial charge in [-0.2, -0.15) is 0 Å². The van der Waals surface area contributed by atoms with E-state index in [-0.39, 0.29) is 11.0 Å². The third-order valence-electron chi connectivity index (χ3n) is 10.3. The number of allylic oxidation sites excluding steroid dienone is 7. The highest BCUT2D eigenvalue weighted by Crippen LogP contribution is 2.57. The van der Waals surface area contributed by atoms with Crippen LogP contribution in [0.3, 0.4) is 0 Å². The molecule has 0 spiro atoms. The van der Waals surface area contributed by atoms with Crippen molar-refractivity contribution in [2.24, 2.45) is 29.1 Å². The van der Waals surface area contributed by atoms with Crippen LogP contribution in [0.25, 0.3) is 0 Å². The Morgan fingerprint density at radius 2 is 1.60 bits per heavy atom. The lowest BCUT2D eigenvalue weighted by Gasteiger charge is -2.40. The first kappa shape index (κ1) is 32.4. The fourth-order valence-electron chi connectivity index (χ4n) is 7.24. The summed E-state index contributed by atoms with van der Waals surface area (Å²) in [6.45, 7) is 13.8. The van der Waals surface area contributed by atoms with Crippen molar-refractivity contribution in [2.75, 3.05) is 0 Å². The molecule has 0 radical (unpaired) electrons. The Hall–Kier alpha value is -3.55. The molecular formula is C35H46N2O6. The molecule has 43 heavy (non-hydrogen) atoms. The number of nitro groups is 2. The van der Waals surface area contributed by atoms with Crippen molar-refractivity contribution in [1.29, 1.82) is 0 Å². The molecule has 8 heteroatoms. The first-order valence-corrected chi connectivity index (χ1v) is 15.7. The largest absolute Gasteiger partial charge is 0.458 e. The minimum atomic E-state index is -0.782. The standard InChI is InChI=1S/C35H46N2O6/c1-22(2)23(3)9-10-25(5)32-15-16-33-26(8-7-17-35(32,33)6)12-13-27-20-31(14-11-24(27)4)43-34(38)28-18-29(36(39)40)21-30(19-28)37(41)42/h9-10,12-13,18-19,21-23,25,31-32H,7-8,11,14-17,20H2,1-6H3/b10-9+,13-12+/t23-,25+,31-,32?,35+/m0/s1. The van der Waals surface area contributed by atoms with E-state index in [2.05, 4.69) is 65.8 Å². The number of esters is 1. The third-order valence-corrected chi connectivity index (χ3v) is 10.3. The number of ether oxygens (including phenoxy) is 1. The summed E-state index contributed by atoms with van der Waals surface area (Å²) in [4.78, 5) is 33.9. The Kier molecular flexibility index (Phi) is 10.1. The van der Waals surface area contributed by atoms with Gasteiger partial charge in [0, 0.05) is 18.6 Å². The fraction of sp³-hybridized carbons (Fsp3) is 0.571. The molecule has 1 unspecified atom stereocenters. The Bertz CT molecular complexity index is 1350. The molecule has 232 valence electrons. The van der Waals surface area contributed by atoms with Crippen molar-refractivity contribution in [2.45, 2.75) is 99.0 Å². The number of nitrogens with zero attached hydrogens (tertiary/aromatic N) is 2. The van der Waals surface area contributed by atoms with E-state index in [0.29, 0.717) is 36.5 Å². The average molecular weight is 591 g/mol. The molecule has 1 saturated carbocycles. The molecule has 3 aliphatic rings. The van der Waals surface area contributed by atoms with E-state index >= 15 is 0 Å². The molecule has 4 rings (SSSR count). The second-order valence-electron chi connectivity index (χ2n) is 13.4. The summed E-state index contributed by atoms with van der Waals surface area (Å²) in [5, 5.41) is 22.5. The summed E-state index contributed by atoms with van der Waals surface area (Å²) >= 11 is 0. The fourth-order valence-corrected chi connectivity index (χ4v) is 7.24. The van der Waals surface area contributed by atoms with Crippen molar-refractivity contribution in [3.05, 3.63) is 90.6 Å². The lowest BCUT2D eigenvalue weighted by Crippen LogP contribution is -2.30. The van der Waals surface area contributed by atoms with Crippen molar-refractivity contribution < 1.29 is 19.4 Å². The van der Waals surface area contributed by atoms with Gasteiger partial charge in [-0.05, 0) is 92.1 Å². The smallest absolute Gasteiger partial charge is 0.338 e. The van der Waals surface area contributed by atoms with E-state index < -0.39 is 33.3 Å². The average Bonchev–Trinajstić information content (AvgIpc) is 3.33. The second kappa shape index (κ2) is 13.4. The lowest BCUT2D eigenvalue weighted by atomic mass is 9.65. The van der Waals surface area contributed by atoms with Crippen LogP contribution in [0.2, 0.25) is 0 Å². The van der Waals surface area contributed by atoms with Gasteiger partial charge in [-0.15, -0.1) is 0 Å². The van der Waals surface area contributed by atoms with Crippen LogP contribution < -0.4 is 0 Å². The molecule has 5 atom stereocenters. The Morgan fingerprint density at radius 1 is 0.953 bits per heavy atom. The molecule has 1 aromatic carbocycles. The quantitative estimate of drug-likeness (QED) is 0.116. The highest BCUT2D eigenvalue weighted by Gasteiger charge is 2.46. The highest BCUT2D eigenvalue weighted by atomic mass is 16.6. The van der Waals surface area contributed by atoms with Gasteiger partial charge in [-0.1, -0.05) is 70.1 Å². The zero-order valence-corrected chi connectivity index (χ0v) is 26.4. The topological polar surface area (TPSA) is 113 Å². The van der Waals surface area contributed by atoms with Gasteiger partial charge in [-0.3, -0.25) is 20.2 Å². The predicted octanol–water partition coefficient (Wildman–Crippen LogP) is 9.47. The maximum Gasteiger partial charge on any atom is 0.338 e. The summed E-state index contributed by atoms with van der Waals surface area (Å²) < 4.78 is 5.73. The minimum Gasteiger partial charge on any atom is -0.458 e. The number of nitro benzene ring substituents is 2. The number of non-ortho nitro benzene ring substituents is 2. The zero-order chi connectivity index (χ0) is 31.5. The Labute approximate surface area is 255 Å². The zero-order valence-electron chi connectivity index (χ0n) is 26.4. The van der Waals surface area contributed by atoms with Crippen LogP contribution in [0.4, 0.5) is 11.4 Å². The van der Waals surface area contributed by atoms with E-state index in [1.54, 1.807) is 5.57 Å². The van der Waals surface area contributed by atoms with E-state index in [1.165, 1.54) is 30.4 Å². The number of hydrogen-bond donors (Lipinski definition) is 0. The molecule has 1 aromatic rings. The molecule has 0 bridgehead atoms. The summed E-state index contributed by atoms with van der Waals surface area (Å²) in [5.74, 6) is 1.63. The molecule has 0 aliphatic heterocycles. The normalized spacial score (nSPS) is 25.8. The highest BCUT2D eigenvalue weighted by molar-refractivity contribution is 5.91. The monoisotopic (exact) mass is 590 g/mol. The van der Waals surface area contributed by atoms with Crippen LogP contribution in [0.1, 0.15) is 103 Å². The number of carbonyl (C=O) groups is 1. The van der Waals surface area contributed by atoms with E-state index in [0.717, 1.165) is 43.0 Å². The maximum atomic E-state index is 12.9. The number of carbonyl (C=O) groups excluding carboxylic acids is 1. The Balaban J connectivity index is 1.47. The van der Waals surface area contributed by atoms with Gasteiger partial charge in [0.15, 0.2) is 0 Å². The molecule has 0 aromatic heterocycles. The Morgan fingerprint density at radius 3 is 2.23 bits per heavy atom. The summed E-state index contributed by atoms with van der Waals surface area (Å²) in [5.41, 5.74) is 4.48. The predicted molar refractivity (Wildman–Crippen MR) is 169 cm³/mol. The summed E-state index contributed by atoms with van der Waals surface area (Å²) in [6, 6.07) is 2.91. The van der Waals surface area contributed by atoms with Gasteiger partial charge in [0.2, 0.25) is 0 Å². The first-order chi connectivity index (χ1) is 20.3. The maximum absolute atomic E-state index is 12.9. The van der Waals surface area contributed by atoms with Crippen molar-refractivity contribution in [1.82, 2.24) is 0 Å². The van der Waals surface area contributed by atoms with Gasteiger partial charge in [0.25, 0.3) is 11.4 Å². The van der Waals surface area contributed by atoms with Gasteiger partial charge in [0.05, 0.1) is 21.5 Å². The molecule has 0 heterocycles. The van der Waals surface area contributed by atoms with Crippen LogP contribution in [0, 0.1) is 49.3 Å². The van der Waals surface area contributed by atoms with Gasteiger partial charge in [0.1, 0.15) is 6.10 Å². The minimum absolute atomic E-state index is 0.184. The van der Waals surface area contributed by atoms with Crippen molar-refractivity contribution >= 4 is 17.3 Å². The summed E-state index contributed by atoms with van der Waals surface area (Å²) in [6.07, 6.45) is 16.8. The third kappa shape index (κ3) is 7.34. The first-order valence-electron chi connectivity index (χ1n) is 15.7. The van der Waals surface area contributed by atoms with E-state index in [1.807, 2.05) is 0 Å². The van der Waals surface area contributed by atoms with Crippen LogP contribution in [-0.2, 0) is 4.74 Å². The molecular weight excluding hydrogens is 544 g/mol. The number of benzene rings is 1. The van der Waals surface area contributed by atoms with Crippen LogP contribution in [0.5, 0.6) is 0 Å². The van der Waals surface area contributed by atoms with Gasteiger partial charge in [-0.25, -0.2) is 4.79 Å². The molecule has 3 aliphatic carbocycles. The van der Waals surface area contributed by atoms with Crippen LogP contribution >= 0.6 is 0 Å². The molecule has 1 fully saturated rings. The lowest BCUT2D eigenvalue weighted by molar-refractivity contribution is -0.394. The number of hydrogen-bond acceptors (Lipinski definition) is 6. The molecule has 0 saturated heterocycles. The number of rotatable bonds is 10. The van der Waals surface area contributed by atoms with Crippen molar-refractivity contribution in [3.8, 4) is 0 Å². The number of fused-ring (bicyclic) bond motifs is 1.